The third-order valence-electron chi connectivity index (χ3n) is 4.16. The molecule has 1 aromatic carbocycles. The van der Waals surface area contributed by atoms with Crippen LogP contribution in [0.5, 0.6) is 0 Å². The second-order valence-electron chi connectivity index (χ2n) is 7.00. The molecule has 0 bridgehead atoms. The Hall–Kier alpha value is -3.42. The Kier molecular flexibility index (Phi) is 5.30. The van der Waals surface area contributed by atoms with E-state index in [1.54, 1.807) is 35.0 Å². The fraction of sp³-hybridized carbons (Fsp3) is 0.300. The topological polar surface area (TPSA) is 101 Å². The molecule has 0 saturated heterocycles. The first-order chi connectivity index (χ1) is 13.2. The monoisotopic (exact) mass is 380 g/mol. The molecule has 0 radical (unpaired) electrons. The van der Waals surface area contributed by atoms with Crippen LogP contribution in [0.15, 0.2) is 30.3 Å². The van der Waals surface area contributed by atoms with Crippen molar-refractivity contribution in [3.8, 4) is 0 Å². The molecule has 0 atom stereocenters. The lowest BCUT2D eigenvalue weighted by Gasteiger charge is -2.11. The molecule has 0 aliphatic carbocycles. The van der Waals surface area contributed by atoms with Gasteiger partial charge >= 0.3 is 6.03 Å². The predicted octanol–water partition coefficient (Wildman–Crippen LogP) is 3.37. The number of pyridine rings is 1. The first-order valence-corrected chi connectivity index (χ1v) is 9.04. The van der Waals surface area contributed by atoms with Gasteiger partial charge in [-0.25, -0.2) is 9.78 Å². The number of anilines is 2. The van der Waals surface area contributed by atoms with E-state index in [-0.39, 0.29) is 18.0 Å². The van der Waals surface area contributed by atoms with Gasteiger partial charge in [-0.2, -0.15) is 5.10 Å². The summed E-state index contributed by atoms with van der Waals surface area (Å²) < 4.78 is 1.68. The van der Waals surface area contributed by atoms with E-state index in [0.717, 1.165) is 16.8 Å². The van der Waals surface area contributed by atoms with Crippen molar-refractivity contribution in [2.45, 2.75) is 33.7 Å². The molecule has 0 fully saturated rings. The summed E-state index contributed by atoms with van der Waals surface area (Å²) in [5, 5.41) is 13.5. The number of rotatable bonds is 4. The Labute approximate surface area is 163 Å². The summed E-state index contributed by atoms with van der Waals surface area (Å²) in [6.45, 7) is 7.49. The number of aromatic nitrogens is 3. The molecule has 3 rings (SSSR count). The van der Waals surface area contributed by atoms with Crippen LogP contribution < -0.4 is 16.0 Å². The van der Waals surface area contributed by atoms with Crippen LogP contribution in [0, 0.1) is 13.8 Å². The minimum atomic E-state index is -0.270. The lowest BCUT2D eigenvalue weighted by molar-refractivity contribution is 0.102. The van der Waals surface area contributed by atoms with Crippen molar-refractivity contribution in [2.75, 3.05) is 10.6 Å². The van der Waals surface area contributed by atoms with E-state index in [9.17, 15) is 9.59 Å². The maximum atomic E-state index is 12.9. The van der Waals surface area contributed by atoms with Crippen LogP contribution in [0.3, 0.4) is 0 Å². The minimum absolute atomic E-state index is 0.0511. The summed E-state index contributed by atoms with van der Waals surface area (Å²) in [6.07, 6.45) is 0. The fourth-order valence-electron chi connectivity index (χ4n) is 3.01. The molecule has 3 amide bonds. The van der Waals surface area contributed by atoms with Crippen molar-refractivity contribution in [3.05, 3.63) is 47.3 Å². The molecule has 2 aromatic heterocycles. The molecule has 28 heavy (non-hydrogen) atoms. The van der Waals surface area contributed by atoms with Gasteiger partial charge in [-0.05, 0) is 58.0 Å². The zero-order valence-corrected chi connectivity index (χ0v) is 16.6. The highest BCUT2D eigenvalue weighted by atomic mass is 16.2. The van der Waals surface area contributed by atoms with Crippen LogP contribution in [-0.4, -0.2) is 32.7 Å². The van der Waals surface area contributed by atoms with Crippen molar-refractivity contribution in [1.82, 2.24) is 20.1 Å². The number of aryl methyl sites for hydroxylation is 3. The molecule has 146 valence electrons. The molecule has 0 saturated carbocycles. The third kappa shape index (κ3) is 4.11. The van der Waals surface area contributed by atoms with Crippen molar-refractivity contribution in [1.29, 1.82) is 0 Å². The summed E-state index contributed by atoms with van der Waals surface area (Å²) in [5.74, 6) is -0.232. The van der Waals surface area contributed by atoms with Crippen LogP contribution in [-0.2, 0) is 7.05 Å². The molecular formula is C20H24N6O2. The maximum Gasteiger partial charge on any atom is 0.319 e. The second-order valence-corrected chi connectivity index (χ2v) is 7.00. The Bertz CT molecular complexity index is 1040. The third-order valence-corrected chi connectivity index (χ3v) is 4.16. The minimum Gasteiger partial charge on any atom is -0.336 e. The summed E-state index contributed by atoms with van der Waals surface area (Å²) in [5.41, 5.74) is 3.98. The van der Waals surface area contributed by atoms with Gasteiger partial charge in [0, 0.05) is 30.2 Å². The molecule has 8 heteroatoms. The van der Waals surface area contributed by atoms with Crippen molar-refractivity contribution in [3.63, 3.8) is 0 Å². The van der Waals surface area contributed by atoms with E-state index in [0.29, 0.717) is 22.6 Å². The van der Waals surface area contributed by atoms with Crippen LogP contribution in [0.25, 0.3) is 11.0 Å². The summed E-state index contributed by atoms with van der Waals surface area (Å²) in [6, 6.07) is 8.49. The number of hydrogen-bond donors (Lipinski definition) is 3. The van der Waals surface area contributed by atoms with E-state index in [1.807, 2.05) is 34.7 Å². The Morgan fingerprint density at radius 1 is 1.04 bits per heavy atom. The number of nitrogens with one attached hydrogen (secondary N) is 3. The van der Waals surface area contributed by atoms with Crippen molar-refractivity contribution >= 4 is 34.3 Å². The molecule has 8 nitrogen and oxygen atoms in total. The molecule has 0 aliphatic rings. The molecule has 3 N–H and O–H groups in total. The molecule has 0 aliphatic heterocycles. The van der Waals surface area contributed by atoms with E-state index >= 15 is 0 Å². The average molecular weight is 380 g/mol. The van der Waals surface area contributed by atoms with Gasteiger partial charge in [0.1, 0.15) is 0 Å². The summed E-state index contributed by atoms with van der Waals surface area (Å²) >= 11 is 0. The van der Waals surface area contributed by atoms with E-state index in [4.69, 9.17) is 0 Å². The van der Waals surface area contributed by atoms with Crippen LogP contribution >= 0.6 is 0 Å². The normalized spacial score (nSPS) is 10.9. The van der Waals surface area contributed by atoms with Crippen LogP contribution in [0.1, 0.15) is 35.6 Å². The number of carbonyl (C=O) groups excluding carboxylic acids is 2. The number of fused-ring (bicyclic) bond motifs is 1. The molecule has 2 heterocycles. The van der Waals surface area contributed by atoms with Gasteiger partial charge in [-0.3, -0.25) is 9.48 Å². The van der Waals surface area contributed by atoms with Crippen molar-refractivity contribution in [2.24, 2.45) is 7.05 Å². The van der Waals surface area contributed by atoms with E-state index < -0.39 is 0 Å². The average Bonchev–Trinajstić information content (AvgIpc) is 2.89. The van der Waals surface area contributed by atoms with Crippen LogP contribution in [0.2, 0.25) is 0 Å². The van der Waals surface area contributed by atoms with Crippen molar-refractivity contribution < 1.29 is 9.59 Å². The zero-order chi connectivity index (χ0) is 20.4. The number of amides is 3. The largest absolute Gasteiger partial charge is 0.336 e. The SMILES string of the molecule is Cc1cc(C(=O)Nc2ccc(NC(=O)NC(C)C)cc2)c2c(C)nn(C)c2n1. The highest BCUT2D eigenvalue weighted by Crippen LogP contribution is 2.23. The van der Waals surface area contributed by atoms with Gasteiger partial charge in [0.15, 0.2) is 5.65 Å². The smallest absolute Gasteiger partial charge is 0.319 e. The van der Waals surface area contributed by atoms with Gasteiger partial charge in [-0.15, -0.1) is 0 Å². The maximum absolute atomic E-state index is 12.9. The Morgan fingerprint density at radius 3 is 2.25 bits per heavy atom. The first kappa shape index (κ1) is 19.3. The van der Waals surface area contributed by atoms with E-state index in [2.05, 4.69) is 26.0 Å². The quantitative estimate of drug-likeness (QED) is 0.646. The molecule has 0 unspecified atom stereocenters. The number of benzene rings is 1. The highest BCUT2D eigenvalue weighted by molar-refractivity contribution is 6.12. The molecule has 3 aromatic rings. The second kappa shape index (κ2) is 7.67. The standard InChI is InChI=1S/C20H24N6O2/c1-11(2)21-20(28)24-15-8-6-14(7-9-15)23-19(27)16-10-12(3)22-18-17(16)13(4)25-26(18)5/h6-11H,1-5H3,(H,23,27)(H2,21,24,28). The van der Waals surface area contributed by atoms with Gasteiger partial charge < -0.3 is 16.0 Å². The summed E-state index contributed by atoms with van der Waals surface area (Å²) in [7, 11) is 1.81. The lowest BCUT2D eigenvalue weighted by Crippen LogP contribution is -2.34. The lowest BCUT2D eigenvalue weighted by atomic mass is 10.1. The number of nitrogens with zero attached hydrogens (tertiary/aromatic N) is 3. The Balaban J connectivity index is 1.79. The van der Waals surface area contributed by atoms with Gasteiger partial charge in [0.05, 0.1) is 16.6 Å². The number of hydrogen-bond acceptors (Lipinski definition) is 4. The van der Waals surface area contributed by atoms with Crippen LogP contribution in [0.4, 0.5) is 16.2 Å². The predicted molar refractivity (Wildman–Crippen MR) is 110 cm³/mol. The molecule has 0 spiro atoms. The zero-order valence-electron chi connectivity index (χ0n) is 16.6. The Morgan fingerprint density at radius 2 is 1.64 bits per heavy atom. The number of carbonyl (C=O) groups is 2. The van der Waals surface area contributed by atoms with E-state index in [1.165, 1.54) is 0 Å². The van der Waals surface area contributed by atoms with Gasteiger partial charge in [-0.1, -0.05) is 0 Å². The highest BCUT2D eigenvalue weighted by Gasteiger charge is 2.18. The first-order valence-electron chi connectivity index (χ1n) is 9.04. The van der Waals surface area contributed by atoms with Gasteiger partial charge in [0.2, 0.25) is 0 Å². The fourth-order valence-corrected chi connectivity index (χ4v) is 3.01. The molecular weight excluding hydrogens is 356 g/mol. The van der Waals surface area contributed by atoms with Gasteiger partial charge in [0.25, 0.3) is 5.91 Å². The summed E-state index contributed by atoms with van der Waals surface area (Å²) in [4.78, 5) is 29.1. The number of urea groups is 1.